The summed E-state index contributed by atoms with van der Waals surface area (Å²) in [4.78, 5) is 12.5. The SMILES string of the molecule is COc1ccc(NC(=O)/C=C(\C)c2cc3c(C)coc3c(C)c2OC)cc1Cl. The highest BCUT2D eigenvalue weighted by atomic mass is 35.5. The first-order valence-corrected chi connectivity index (χ1v) is 9.12. The molecule has 0 aliphatic carbocycles. The third-order valence-corrected chi connectivity index (χ3v) is 4.93. The van der Waals surface area contributed by atoms with Crippen molar-refractivity contribution < 1.29 is 18.7 Å². The number of hydrogen-bond donors (Lipinski definition) is 1. The van der Waals surface area contributed by atoms with Crippen molar-refractivity contribution in [2.45, 2.75) is 20.8 Å². The van der Waals surface area contributed by atoms with Gasteiger partial charge in [0.25, 0.3) is 0 Å². The van der Waals surface area contributed by atoms with Gasteiger partial charge in [-0.05, 0) is 56.2 Å². The van der Waals surface area contributed by atoms with Gasteiger partial charge in [0.2, 0.25) is 5.91 Å². The number of ether oxygens (including phenoxy) is 2. The van der Waals surface area contributed by atoms with E-state index in [4.69, 9.17) is 25.5 Å². The summed E-state index contributed by atoms with van der Waals surface area (Å²) in [5, 5.41) is 4.25. The minimum absolute atomic E-state index is 0.262. The van der Waals surface area contributed by atoms with Crippen LogP contribution in [0.5, 0.6) is 11.5 Å². The Morgan fingerprint density at radius 1 is 1.18 bits per heavy atom. The summed E-state index contributed by atoms with van der Waals surface area (Å²) in [6.45, 7) is 5.81. The normalized spacial score (nSPS) is 11.6. The second-order valence-corrected chi connectivity index (χ2v) is 6.95. The molecule has 3 aromatic rings. The van der Waals surface area contributed by atoms with Crippen LogP contribution in [0.25, 0.3) is 16.5 Å². The molecule has 0 unspecified atom stereocenters. The maximum atomic E-state index is 12.5. The number of aryl methyl sites for hydroxylation is 2. The van der Waals surface area contributed by atoms with Crippen LogP contribution in [0.1, 0.15) is 23.6 Å². The number of carbonyl (C=O) groups excluding carboxylic acids is 1. The Morgan fingerprint density at radius 3 is 2.57 bits per heavy atom. The molecule has 1 amide bonds. The van der Waals surface area contributed by atoms with Crippen LogP contribution >= 0.6 is 11.6 Å². The van der Waals surface area contributed by atoms with Crippen molar-refractivity contribution in [3.8, 4) is 11.5 Å². The largest absolute Gasteiger partial charge is 0.496 e. The van der Waals surface area contributed by atoms with E-state index in [2.05, 4.69) is 5.32 Å². The molecule has 3 rings (SSSR count). The van der Waals surface area contributed by atoms with E-state index >= 15 is 0 Å². The molecule has 28 heavy (non-hydrogen) atoms. The number of hydrogen-bond acceptors (Lipinski definition) is 4. The van der Waals surface area contributed by atoms with E-state index in [0.29, 0.717) is 22.2 Å². The molecule has 1 aromatic heterocycles. The molecular weight excluding hydrogens is 378 g/mol. The molecule has 0 saturated carbocycles. The molecule has 0 atom stereocenters. The molecule has 146 valence electrons. The third kappa shape index (κ3) is 3.71. The second-order valence-electron chi connectivity index (χ2n) is 6.54. The van der Waals surface area contributed by atoms with Gasteiger partial charge in [-0.2, -0.15) is 0 Å². The Balaban J connectivity index is 1.93. The van der Waals surface area contributed by atoms with E-state index in [-0.39, 0.29) is 5.91 Å². The van der Waals surface area contributed by atoms with Gasteiger partial charge in [-0.1, -0.05) is 11.6 Å². The van der Waals surface area contributed by atoms with Gasteiger partial charge < -0.3 is 19.2 Å². The molecule has 0 aliphatic rings. The van der Waals surface area contributed by atoms with Crippen LogP contribution in [0.4, 0.5) is 5.69 Å². The number of nitrogens with one attached hydrogen (secondary N) is 1. The lowest BCUT2D eigenvalue weighted by atomic mass is 9.98. The van der Waals surface area contributed by atoms with Crippen molar-refractivity contribution in [2.75, 3.05) is 19.5 Å². The van der Waals surface area contributed by atoms with E-state index in [1.165, 1.54) is 6.08 Å². The zero-order valence-corrected chi connectivity index (χ0v) is 17.2. The Bertz CT molecular complexity index is 1080. The van der Waals surface area contributed by atoms with E-state index < -0.39 is 0 Å². The Hall–Kier alpha value is -2.92. The van der Waals surface area contributed by atoms with Crippen molar-refractivity contribution in [2.24, 2.45) is 0 Å². The van der Waals surface area contributed by atoms with Crippen LogP contribution in [0.3, 0.4) is 0 Å². The third-order valence-electron chi connectivity index (χ3n) is 4.63. The van der Waals surface area contributed by atoms with Crippen molar-refractivity contribution in [1.82, 2.24) is 0 Å². The molecule has 1 N–H and O–H groups in total. The molecule has 1 heterocycles. The van der Waals surface area contributed by atoms with Crippen LogP contribution in [-0.2, 0) is 4.79 Å². The smallest absolute Gasteiger partial charge is 0.248 e. The van der Waals surface area contributed by atoms with Crippen molar-refractivity contribution in [1.29, 1.82) is 0 Å². The fourth-order valence-electron chi connectivity index (χ4n) is 3.19. The van der Waals surface area contributed by atoms with E-state index in [9.17, 15) is 4.79 Å². The number of allylic oxidation sites excluding steroid dienone is 1. The number of furan rings is 1. The number of amides is 1. The zero-order valence-electron chi connectivity index (χ0n) is 16.5. The quantitative estimate of drug-likeness (QED) is 0.554. The summed E-state index contributed by atoms with van der Waals surface area (Å²) in [5.41, 5.74) is 4.94. The van der Waals surface area contributed by atoms with Crippen LogP contribution in [0.15, 0.2) is 41.0 Å². The summed E-state index contributed by atoms with van der Waals surface area (Å²) in [6, 6.07) is 7.07. The Morgan fingerprint density at radius 2 is 1.93 bits per heavy atom. The maximum absolute atomic E-state index is 12.5. The lowest BCUT2D eigenvalue weighted by Crippen LogP contribution is -2.09. The first-order chi connectivity index (χ1) is 13.3. The average molecular weight is 400 g/mol. The van der Waals surface area contributed by atoms with E-state index in [1.807, 2.05) is 26.8 Å². The number of fused-ring (bicyclic) bond motifs is 1. The van der Waals surface area contributed by atoms with Crippen LogP contribution in [0.2, 0.25) is 5.02 Å². The number of carbonyl (C=O) groups is 1. The molecule has 0 radical (unpaired) electrons. The van der Waals surface area contributed by atoms with Gasteiger partial charge in [-0.15, -0.1) is 0 Å². The topological polar surface area (TPSA) is 60.7 Å². The molecule has 6 heteroatoms. The summed E-state index contributed by atoms with van der Waals surface area (Å²) < 4.78 is 16.4. The summed E-state index contributed by atoms with van der Waals surface area (Å²) >= 11 is 6.11. The van der Waals surface area contributed by atoms with Crippen molar-refractivity contribution >= 4 is 39.7 Å². The number of halogens is 1. The van der Waals surface area contributed by atoms with Crippen LogP contribution in [-0.4, -0.2) is 20.1 Å². The van der Waals surface area contributed by atoms with Gasteiger partial charge >= 0.3 is 0 Å². The minimum atomic E-state index is -0.262. The summed E-state index contributed by atoms with van der Waals surface area (Å²) in [7, 11) is 3.15. The van der Waals surface area contributed by atoms with Gasteiger partial charge in [-0.25, -0.2) is 0 Å². The summed E-state index contributed by atoms with van der Waals surface area (Å²) in [6.07, 6.45) is 3.26. The van der Waals surface area contributed by atoms with Gasteiger partial charge in [0.15, 0.2) is 0 Å². The predicted octanol–water partition coefficient (Wildman–Crippen LogP) is 5.76. The van der Waals surface area contributed by atoms with Gasteiger partial charge in [0.1, 0.15) is 17.1 Å². The highest BCUT2D eigenvalue weighted by Gasteiger charge is 2.17. The van der Waals surface area contributed by atoms with Gasteiger partial charge in [0, 0.05) is 28.3 Å². The maximum Gasteiger partial charge on any atom is 0.248 e. The Labute approximate surface area is 168 Å². The standard InChI is InChI=1S/C22H22ClNO4/c1-12(8-20(25)24-15-6-7-19(26-4)18(23)9-15)16-10-17-13(2)11-28-22(17)14(3)21(16)27-5/h6-11H,1-5H3,(H,24,25)/b12-8+. The van der Waals surface area contributed by atoms with Crippen LogP contribution < -0.4 is 14.8 Å². The molecule has 0 aliphatic heterocycles. The fraction of sp³-hybridized carbons (Fsp3) is 0.227. The molecule has 0 spiro atoms. The minimum Gasteiger partial charge on any atom is -0.496 e. The molecule has 2 aromatic carbocycles. The van der Waals surface area contributed by atoms with Crippen molar-refractivity contribution in [3.63, 3.8) is 0 Å². The number of benzene rings is 2. The van der Waals surface area contributed by atoms with Crippen molar-refractivity contribution in [3.05, 3.63) is 58.3 Å². The molecule has 0 fully saturated rings. The highest BCUT2D eigenvalue weighted by Crippen LogP contribution is 2.37. The summed E-state index contributed by atoms with van der Waals surface area (Å²) in [5.74, 6) is 0.980. The fourth-order valence-corrected chi connectivity index (χ4v) is 3.45. The van der Waals surface area contributed by atoms with Gasteiger partial charge in [0.05, 0.1) is 25.5 Å². The second kappa shape index (κ2) is 7.98. The molecule has 0 saturated heterocycles. The number of anilines is 1. The average Bonchev–Trinajstić information content (AvgIpc) is 3.03. The van der Waals surface area contributed by atoms with E-state index in [0.717, 1.165) is 33.2 Å². The lowest BCUT2D eigenvalue weighted by Gasteiger charge is -2.13. The number of methoxy groups -OCH3 is 2. The molecule has 5 nitrogen and oxygen atoms in total. The van der Waals surface area contributed by atoms with Gasteiger partial charge in [-0.3, -0.25) is 4.79 Å². The highest BCUT2D eigenvalue weighted by molar-refractivity contribution is 6.32. The lowest BCUT2D eigenvalue weighted by molar-refractivity contribution is -0.111. The first-order valence-electron chi connectivity index (χ1n) is 8.74. The van der Waals surface area contributed by atoms with E-state index in [1.54, 1.807) is 38.7 Å². The number of rotatable bonds is 5. The Kier molecular flexibility index (Phi) is 5.66. The molecule has 0 bridgehead atoms. The molecular formula is C22H22ClNO4. The monoisotopic (exact) mass is 399 g/mol. The van der Waals surface area contributed by atoms with Crippen LogP contribution in [0, 0.1) is 13.8 Å². The predicted molar refractivity (Wildman–Crippen MR) is 113 cm³/mol. The zero-order chi connectivity index (χ0) is 20.4. The first kappa shape index (κ1) is 19.8.